The Kier molecular flexibility index (Phi) is 3.25. The van der Waals surface area contributed by atoms with Crippen LogP contribution >= 0.6 is 11.6 Å². The first-order valence-corrected chi connectivity index (χ1v) is 5.74. The second kappa shape index (κ2) is 4.60. The van der Waals surface area contributed by atoms with Crippen LogP contribution in [-0.2, 0) is 5.54 Å². The van der Waals surface area contributed by atoms with Gasteiger partial charge in [0.05, 0.1) is 10.5 Å². The first kappa shape index (κ1) is 13.4. The molecular weight excluding hydrogens is 272 g/mol. The lowest BCUT2D eigenvalue weighted by Crippen LogP contribution is -2.30. The molecule has 0 unspecified atom stereocenters. The molecule has 7 nitrogen and oxygen atoms in total. The number of rotatable bonds is 3. The van der Waals surface area contributed by atoms with Crippen molar-refractivity contribution in [1.29, 1.82) is 0 Å². The van der Waals surface area contributed by atoms with Crippen molar-refractivity contribution in [2.45, 2.75) is 19.4 Å². The van der Waals surface area contributed by atoms with Crippen LogP contribution in [0.3, 0.4) is 0 Å². The molecule has 1 heterocycles. The molecule has 0 bridgehead atoms. The Morgan fingerprint density at radius 1 is 1.47 bits per heavy atom. The monoisotopic (exact) mass is 282 g/mol. The Morgan fingerprint density at radius 3 is 2.68 bits per heavy atom. The molecule has 100 valence electrons. The van der Waals surface area contributed by atoms with E-state index in [4.69, 9.17) is 21.9 Å². The number of nitro benzene ring substituents is 1. The second-order valence-electron chi connectivity index (χ2n) is 4.56. The average molecular weight is 283 g/mol. The number of hydrogen-bond donors (Lipinski definition) is 1. The van der Waals surface area contributed by atoms with Gasteiger partial charge in [0.15, 0.2) is 5.82 Å². The number of nitrogens with zero attached hydrogens (tertiary/aromatic N) is 3. The van der Waals surface area contributed by atoms with Gasteiger partial charge in [0.25, 0.3) is 11.6 Å². The molecule has 0 atom stereocenters. The topological polar surface area (TPSA) is 108 Å². The molecule has 0 saturated heterocycles. The quantitative estimate of drug-likeness (QED) is 0.684. The van der Waals surface area contributed by atoms with Crippen molar-refractivity contribution in [1.82, 2.24) is 10.1 Å². The van der Waals surface area contributed by atoms with Gasteiger partial charge in [0, 0.05) is 11.1 Å². The fourth-order valence-corrected chi connectivity index (χ4v) is 1.60. The number of nitrogens with two attached hydrogens (primary N) is 1. The van der Waals surface area contributed by atoms with Crippen molar-refractivity contribution in [3.63, 3.8) is 0 Å². The summed E-state index contributed by atoms with van der Waals surface area (Å²) in [5.74, 6) is 0.309. The van der Waals surface area contributed by atoms with E-state index < -0.39 is 10.5 Å². The van der Waals surface area contributed by atoms with Gasteiger partial charge in [-0.1, -0.05) is 16.8 Å². The molecule has 0 fully saturated rings. The number of hydrogen-bond acceptors (Lipinski definition) is 6. The highest BCUT2D eigenvalue weighted by atomic mass is 35.5. The van der Waals surface area contributed by atoms with Crippen molar-refractivity contribution in [2.75, 3.05) is 0 Å². The molecule has 2 N–H and O–H groups in total. The molecular formula is C11H11ClN4O3. The average Bonchev–Trinajstić information content (AvgIpc) is 2.77. The molecule has 0 amide bonds. The summed E-state index contributed by atoms with van der Waals surface area (Å²) in [6.45, 7) is 3.41. The van der Waals surface area contributed by atoms with E-state index in [-0.39, 0.29) is 28.0 Å². The lowest BCUT2D eigenvalue weighted by molar-refractivity contribution is -0.384. The first-order valence-electron chi connectivity index (χ1n) is 5.36. The summed E-state index contributed by atoms with van der Waals surface area (Å²) in [5.41, 5.74) is 5.05. The minimum atomic E-state index is -0.789. The number of benzene rings is 1. The molecule has 0 aliphatic heterocycles. The van der Waals surface area contributed by atoms with Crippen LogP contribution in [0.15, 0.2) is 22.7 Å². The molecule has 1 aromatic carbocycles. The molecule has 0 radical (unpaired) electrons. The summed E-state index contributed by atoms with van der Waals surface area (Å²) in [6.07, 6.45) is 0. The van der Waals surface area contributed by atoms with Gasteiger partial charge in [0.1, 0.15) is 5.56 Å². The first-order chi connectivity index (χ1) is 8.79. The van der Waals surface area contributed by atoms with E-state index in [1.807, 2.05) is 0 Å². The third kappa shape index (κ3) is 2.72. The molecule has 0 spiro atoms. The van der Waals surface area contributed by atoms with E-state index in [9.17, 15) is 10.1 Å². The Hall–Kier alpha value is -1.99. The molecule has 0 aliphatic carbocycles. The summed E-state index contributed by atoms with van der Waals surface area (Å²) < 4.78 is 5.02. The fourth-order valence-electron chi connectivity index (χ4n) is 1.43. The molecule has 2 aromatic rings. The Bertz CT molecular complexity index is 633. The van der Waals surface area contributed by atoms with Gasteiger partial charge in [0.2, 0.25) is 0 Å². The normalized spacial score (nSPS) is 11.6. The Morgan fingerprint density at radius 2 is 2.16 bits per heavy atom. The molecule has 19 heavy (non-hydrogen) atoms. The molecule has 1 aromatic heterocycles. The maximum absolute atomic E-state index is 11.0. The van der Waals surface area contributed by atoms with Gasteiger partial charge in [-0.15, -0.1) is 0 Å². The standard InChI is InChI=1S/C11H11ClN4O3/c1-11(2,13)10-14-9(19-15-10)7-4-3-6(12)5-8(7)16(17)18/h3-5H,13H2,1-2H3. The highest BCUT2D eigenvalue weighted by Crippen LogP contribution is 2.31. The summed E-state index contributed by atoms with van der Waals surface area (Å²) in [4.78, 5) is 14.5. The van der Waals surface area contributed by atoms with Gasteiger partial charge in [-0.25, -0.2) is 0 Å². The summed E-state index contributed by atoms with van der Waals surface area (Å²) in [7, 11) is 0. The van der Waals surface area contributed by atoms with Crippen LogP contribution in [0.25, 0.3) is 11.5 Å². The van der Waals surface area contributed by atoms with E-state index in [2.05, 4.69) is 10.1 Å². The maximum atomic E-state index is 11.0. The summed E-state index contributed by atoms with van der Waals surface area (Å²) in [6, 6.07) is 4.21. The zero-order valence-corrected chi connectivity index (χ0v) is 11.0. The highest BCUT2D eigenvalue weighted by Gasteiger charge is 2.25. The predicted molar refractivity (Wildman–Crippen MR) is 68.6 cm³/mol. The number of nitro groups is 1. The van der Waals surface area contributed by atoms with Crippen LogP contribution in [0.5, 0.6) is 0 Å². The van der Waals surface area contributed by atoms with Gasteiger partial charge >= 0.3 is 0 Å². The van der Waals surface area contributed by atoms with Gasteiger partial charge in [-0.05, 0) is 26.0 Å². The van der Waals surface area contributed by atoms with Gasteiger partial charge < -0.3 is 10.3 Å². The largest absolute Gasteiger partial charge is 0.334 e. The Labute approximate surface area is 113 Å². The van der Waals surface area contributed by atoms with Crippen molar-refractivity contribution >= 4 is 17.3 Å². The fraction of sp³-hybridized carbons (Fsp3) is 0.273. The zero-order chi connectivity index (χ0) is 14.2. The van der Waals surface area contributed by atoms with Crippen LogP contribution in [0, 0.1) is 10.1 Å². The van der Waals surface area contributed by atoms with Crippen molar-refractivity contribution in [2.24, 2.45) is 5.73 Å². The molecule has 0 aliphatic rings. The van der Waals surface area contributed by atoms with E-state index in [0.717, 1.165) is 0 Å². The van der Waals surface area contributed by atoms with Crippen molar-refractivity contribution < 1.29 is 9.45 Å². The van der Waals surface area contributed by atoms with E-state index in [1.165, 1.54) is 18.2 Å². The van der Waals surface area contributed by atoms with Crippen molar-refractivity contribution in [3.8, 4) is 11.5 Å². The minimum absolute atomic E-state index is 0.0388. The maximum Gasteiger partial charge on any atom is 0.283 e. The van der Waals surface area contributed by atoms with Gasteiger partial charge in [-0.2, -0.15) is 4.98 Å². The van der Waals surface area contributed by atoms with Crippen LogP contribution in [-0.4, -0.2) is 15.1 Å². The van der Waals surface area contributed by atoms with E-state index in [1.54, 1.807) is 13.8 Å². The third-order valence-corrected chi connectivity index (χ3v) is 2.62. The summed E-state index contributed by atoms with van der Waals surface area (Å²) >= 11 is 5.74. The van der Waals surface area contributed by atoms with Crippen LogP contribution in [0.4, 0.5) is 5.69 Å². The van der Waals surface area contributed by atoms with E-state index in [0.29, 0.717) is 0 Å². The minimum Gasteiger partial charge on any atom is -0.334 e. The third-order valence-electron chi connectivity index (χ3n) is 2.39. The number of halogens is 1. The van der Waals surface area contributed by atoms with Gasteiger partial charge in [-0.3, -0.25) is 10.1 Å². The smallest absolute Gasteiger partial charge is 0.283 e. The zero-order valence-electron chi connectivity index (χ0n) is 10.3. The second-order valence-corrected chi connectivity index (χ2v) is 5.00. The van der Waals surface area contributed by atoms with Crippen LogP contribution in [0.2, 0.25) is 5.02 Å². The molecule has 8 heteroatoms. The van der Waals surface area contributed by atoms with Crippen molar-refractivity contribution in [3.05, 3.63) is 39.2 Å². The predicted octanol–water partition coefficient (Wildman–Crippen LogP) is 2.49. The van der Waals surface area contributed by atoms with Crippen LogP contribution in [0.1, 0.15) is 19.7 Å². The number of aromatic nitrogens is 2. The lowest BCUT2D eigenvalue weighted by atomic mass is 10.1. The highest BCUT2D eigenvalue weighted by molar-refractivity contribution is 6.30. The molecule has 2 rings (SSSR count). The lowest BCUT2D eigenvalue weighted by Gasteiger charge is -2.11. The summed E-state index contributed by atoms with van der Waals surface area (Å²) in [5, 5.41) is 15.0. The van der Waals surface area contributed by atoms with Crippen LogP contribution < -0.4 is 5.73 Å². The van der Waals surface area contributed by atoms with E-state index >= 15 is 0 Å². The molecule has 0 saturated carbocycles. The SMILES string of the molecule is CC(C)(N)c1noc(-c2ccc(Cl)cc2[N+](=O)[O-])n1. The Balaban J connectivity index is 2.53.